The van der Waals surface area contributed by atoms with E-state index in [-0.39, 0.29) is 31.1 Å². The van der Waals surface area contributed by atoms with Crippen LogP contribution in [0.3, 0.4) is 0 Å². The van der Waals surface area contributed by atoms with Crippen molar-refractivity contribution in [1.82, 2.24) is 15.0 Å². The van der Waals surface area contributed by atoms with Crippen molar-refractivity contribution in [3.05, 3.63) is 68.0 Å². The van der Waals surface area contributed by atoms with Gasteiger partial charge in [0, 0.05) is 17.2 Å². The normalized spacial score (nSPS) is 13.5. The van der Waals surface area contributed by atoms with Crippen molar-refractivity contribution < 1.29 is 19.7 Å². The minimum Gasteiger partial charge on any atom is -0.492 e. The standard InChI is InChI=1S/C25H30Cl2IN3O4/c1-16(11-26)14-35-23-9-6-18(10-21(23)27)25(2,3)17-4-7-20(8-5-17)34-15-19(33)12-31-22(13-32)24(28)29-30-31/h4-10,16,19,32-33H,11-15H2,1-3H3/i28-4. The summed E-state index contributed by atoms with van der Waals surface area (Å²) in [5.74, 6) is 2.08. The Bertz CT molecular complexity index is 1110. The average molecular weight is 630 g/mol. The fourth-order valence-electron chi connectivity index (χ4n) is 3.47. The minimum absolute atomic E-state index is 0.0868. The van der Waals surface area contributed by atoms with Crippen LogP contribution < -0.4 is 9.47 Å². The maximum Gasteiger partial charge on any atom is 0.149 e. The van der Waals surface area contributed by atoms with Crippen LogP contribution >= 0.6 is 45.8 Å². The molecule has 2 unspecified atom stereocenters. The lowest BCUT2D eigenvalue weighted by Gasteiger charge is -2.27. The van der Waals surface area contributed by atoms with E-state index >= 15 is 0 Å². The highest BCUT2D eigenvalue weighted by atomic mass is 123. The quantitative estimate of drug-likeness (QED) is 0.215. The van der Waals surface area contributed by atoms with Gasteiger partial charge in [0.15, 0.2) is 0 Å². The molecule has 0 saturated carbocycles. The molecule has 0 aliphatic heterocycles. The van der Waals surface area contributed by atoms with E-state index in [1.807, 2.05) is 72.0 Å². The van der Waals surface area contributed by atoms with Crippen molar-refractivity contribution in [2.45, 2.75) is 45.4 Å². The van der Waals surface area contributed by atoms with Gasteiger partial charge in [-0.05, 0) is 58.0 Å². The van der Waals surface area contributed by atoms with Gasteiger partial charge < -0.3 is 19.7 Å². The number of aliphatic hydroxyl groups excluding tert-OH is 2. The minimum atomic E-state index is -0.802. The Morgan fingerprint density at radius 1 is 1.09 bits per heavy atom. The van der Waals surface area contributed by atoms with Crippen LogP contribution in [-0.2, 0) is 18.6 Å². The molecule has 35 heavy (non-hydrogen) atoms. The Kier molecular flexibility index (Phi) is 10.1. The third-order valence-electron chi connectivity index (χ3n) is 5.78. The second kappa shape index (κ2) is 12.6. The molecule has 1 aromatic heterocycles. The highest BCUT2D eigenvalue weighted by Crippen LogP contribution is 2.36. The van der Waals surface area contributed by atoms with Gasteiger partial charge in [0.05, 0.1) is 30.5 Å². The molecule has 190 valence electrons. The monoisotopic (exact) mass is 629 g/mol. The highest BCUT2D eigenvalue weighted by Gasteiger charge is 2.24. The number of ether oxygens (including phenoxy) is 2. The number of halogens is 3. The predicted octanol–water partition coefficient (Wildman–Crippen LogP) is 5.05. The molecule has 0 bridgehead atoms. The Hall–Kier alpha value is -1.59. The zero-order chi connectivity index (χ0) is 25.6. The van der Waals surface area contributed by atoms with E-state index in [4.69, 9.17) is 32.7 Å². The number of benzene rings is 2. The molecule has 0 spiro atoms. The van der Waals surface area contributed by atoms with Crippen LogP contribution in [0.5, 0.6) is 11.5 Å². The van der Waals surface area contributed by atoms with Crippen molar-refractivity contribution >= 4 is 45.8 Å². The number of alkyl halides is 1. The van der Waals surface area contributed by atoms with Crippen LogP contribution in [0.1, 0.15) is 37.6 Å². The van der Waals surface area contributed by atoms with Gasteiger partial charge in [0.2, 0.25) is 0 Å². The van der Waals surface area contributed by atoms with Gasteiger partial charge in [0.1, 0.15) is 27.9 Å². The second-order valence-electron chi connectivity index (χ2n) is 9.00. The Labute approximate surface area is 229 Å². The molecular weight excluding hydrogens is 600 g/mol. The molecule has 0 saturated heterocycles. The summed E-state index contributed by atoms with van der Waals surface area (Å²) in [6.07, 6.45) is -0.802. The fourth-order valence-corrected chi connectivity index (χ4v) is 4.34. The van der Waals surface area contributed by atoms with E-state index in [9.17, 15) is 10.2 Å². The first-order valence-corrected chi connectivity index (χ1v) is 13.2. The number of hydrogen-bond donors (Lipinski definition) is 2. The maximum atomic E-state index is 10.3. The summed E-state index contributed by atoms with van der Waals surface area (Å²) >= 11 is 14.3. The average Bonchev–Trinajstić information content (AvgIpc) is 3.20. The summed E-state index contributed by atoms with van der Waals surface area (Å²) in [6, 6.07) is 13.6. The summed E-state index contributed by atoms with van der Waals surface area (Å²) in [6.45, 7) is 6.88. The first-order valence-electron chi connectivity index (χ1n) is 11.2. The van der Waals surface area contributed by atoms with Gasteiger partial charge in [-0.25, -0.2) is 4.68 Å². The van der Waals surface area contributed by atoms with Gasteiger partial charge in [-0.15, -0.1) is 16.7 Å². The summed E-state index contributed by atoms with van der Waals surface area (Å²) in [7, 11) is 0. The van der Waals surface area contributed by atoms with Gasteiger partial charge >= 0.3 is 0 Å². The topological polar surface area (TPSA) is 89.6 Å². The van der Waals surface area contributed by atoms with Gasteiger partial charge in [-0.2, -0.15) is 0 Å². The van der Waals surface area contributed by atoms with E-state index in [0.717, 1.165) is 11.1 Å². The molecule has 0 radical (unpaired) electrons. The molecule has 2 N–H and O–H groups in total. The highest BCUT2D eigenvalue weighted by molar-refractivity contribution is 14.1. The summed E-state index contributed by atoms with van der Waals surface area (Å²) < 4.78 is 13.7. The van der Waals surface area contributed by atoms with Crippen LogP contribution in [0.25, 0.3) is 0 Å². The summed E-state index contributed by atoms with van der Waals surface area (Å²) in [5.41, 5.74) is 2.43. The van der Waals surface area contributed by atoms with Crippen molar-refractivity contribution in [1.29, 1.82) is 0 Å². The van der Waals surface area contributed by atoms with Gasteiger partial charge in [0.25, 0.3) is 0 Å². The molecule has 3 aromatic rings. The Balaban J connectivity index is 1.61. The Morgan fingerprint density at radius 2 is 1.77 bits per heavy atom. The lowest BCUT2D eigenvalue weighted by atomic mass is 9.78. The zero-order valence-electron chi connectivity index (χ0n) is 19.9. The van der Waals surface area contributed by atoms with E-state index in [2.05, 4.69) is 24.2 Å². The maximum absolute atomic E-state index is 10.3. The fraction of sp³-hybridized carbons (Fsp3) is 0.440. The van der Waals surface area contributed by atoms with Crippen LogP contribution in [-0.4, -0.2) is 50.4 Å². The molecule has 0 amide bonds. The second-order valence-corrected chi connectivity index (χ2v) is 10.7. The van der Waals surface area contributed by atoms with Crippen LogP contribution in [0, 0.1) is 9.62 Å². The van der Waals surface area contributed by atoms with E-state index in [0.29, 0.717) is 38.4 Å². The zero-order valence-corrected chi connectivity index (χ0v) is 23.6. The molecule has 0 aliphatic carbocycles. The van der Waals surface area contributed by atoms with Crippen LogP contribution in [0.2, 0.25) is 5.02 Å². The molecule has 2 aromatic carbocycles. The van der Waals surface area contributed by atoms with Crippen LogP contribution in [0.4, 0.5) is 0 Å². The smallest absolute Gasteiger partial charge is 0.149 e. The van der Waals surface area contributed by atoms with E-state index in [1.54, 1.807) is 0 Å². The first kappa shape index (κ1) is 28.0. The van der Waals surface area contributed by atoms with Gasteiger partial charge in [-0.3, -0.25) is 0 Å². The number of aromatic nitrogens is 3. The number of hydrogen-bond acceptors (Lipinski definition) is 6. The molecule has 0 fully saturated rings. The largest absolute Gasteiger partial charge is 0.492 e. The van der Waals surface area contributed by atoms with Gasteiger partial charge in [-0.1, -0.05) is 55.8 Å². The third kappa shape index (κ3) is 7.22. The van der Waals surface area contributed by atoms with Crippen molar-refractivity contribution in [3.8, 4) is 11.5 Å². The van der Waals surface area contributed by atoms with Crippen molar-refractivity contribution in [2.24, 2.45) is 5.92 Å². The molecule has 3 rings (SSSR count). The van der Waals surface area contributed by atoms with Crippen molar-refractivity contribution in [3.63, 3.8) is 0 Å². The van der Waals surface area contributed by atoms with E-state index in [1.165, 1.54) is 4.68 Å². The molecular formula is C25H30Cl2IN3O4. The molecule has 10 heteroatoms. The first-order chi connectivity index (χ1) is 16.6. The lowest BCUT2D eigenvalue weighted by Crippen LogP contribution is -2.25. The summed E-state index contributed by atoms with van der Waals surface area (Å²) in [5, 5.41) is 28.2. The number of rotatable bonds is 12. The lowest BCUT2D eigenvalue weighted by molar-refractivity contribution is 0.0866. The number of aliphatic hydroxyl groups is 2. The van der Waals surface area contributed by atoms with Crippen molar-refractivity contribution in [2.75, 3.05) is 19.1 Å². The van der Waals surface area contributed by atoms with Crippen LogP contribution in [0.15, 0.2) is 42.5 Å². The Morgan fingerprint density at radius 3 is 2.40 bits per heavy atom. The SMILES string of the molecule is CC(CCl)COc1ccc(C(C)(C)c2ccc(OCC(O)Cn3nnc([123I])c3CO)cc2)cc1Cl. The summed E-state index contributed by atoms with van der Waals surface area (Å²) in [4.78, 5) is 0. The molecule has 2 atom stereocenters. The molecule has 0 aliphatic rings. The van der Waals surface area contributed by atoms with E-state index < -0.39 is 6.10 Å². The third-order valence-corrected chi connectivity index (χ3v) is 7.44. The molecule has 1 heterocycles. The number of nitrogens with zero attached hydrogens (tertiary/aromatic N) is 3. The molecule has 7 nitrogen and oxygen atoms in total. The predicted molar refractivity (Wildman–Crippen MR) is 146 cm³/mol.